The highest BCUT2D eigenvalue weighted by molar-refractivity contribution is 8.18. The molecule has 0 aliphatic carbocycles. The summed E-state index contributed by atoms with van der Waals surface area (Å²) in [6.45, 7) is 2.27. The number of carbonyl (C=O) groups is 3. The van der Waals surface area contributed by atoms with Crippen LogP contribution in [0.15, 0.2) is 59.5 Å². The number of benzene rings is 2. The fourth-order valence-corrected chi connectivity index (χ4v) is 3.43. The second-order valence-corrected chi connectivity index (χ2v) is 6.86. The van der Waals surface area contributed by atoms with Crippen LogP contribution in [0.2, 0.25) is 0 Å². The molecule has 0 unspecified atom stereocenters. The van der Waals surface area contributed by atoms with E-state index in [4.69, 9.17) is 0 Å². The lowest BCUT2D eigenvalue weighted by Crippen LogP contribution is -2.37. The summed E-state index contributed by atoms with van der Waals surface area (Å²) in [5.41, 5.74) is 2.42. The van der Waals surface area contributed by atoms with Gasteiger partial charge in [-0.15, -0.1) is 0 Å². The van der Waals surface area contributed by atoms with Crippen LogP contribution in [0.4, 0.5) is 4.79 Å². The minimum absolute atomic E-state index is 0.147. The normalized spacial score (nSPS) is 15.6. The predicted molar refractivity (Wildman–Crippen MR) is 103 cm³/mol. The van der Waals surface area contributed by atoms with E-state index in [0.29, 0.717) is 10.5 Å². The largest absolute Gasteiger partial charge is 0.350 e. The Bertz CT molecular complexity index is 878. The van der Waals surface area contributed by atoms with Crippen molar-refractivity contribution in [3.8, 4) is 0 Å². The molecule has 2 aromatic carbocycles. The molecule has 6 heteroatoms. The Hall–Kier alpha value is -2.86. The van der Waals surface area contributed by atoms with Gasteiger partial charge in [-0.25, -0.2) is 0 Å². The molecular formula is C20H18N2O3S. The Labute approximate surface area is 156 Å². The lowest BCUT2D eigenvalue weighted by molar-refractivity contribution is -0.122. The van der Waals surface area contributed by atoms with Gasteiger partial charge < -0.3 is 5.32 Å². The summed E-state index contributed by atoms with van der Waals surface area (Å²) >= 11 is 0.920. The van der Waals surface area contributed by atoms with Crippen LogP contribution >= 0.6 is 11.8 Å². The molecule has 0 saturated carbocycles. The number of carbonyl (C=O) groups excluding carboxylic acids is 3. The van der Waals surface area contributed by atoms with Gasteiger partial charge in [0.2, 0.25) is 0 Å². The first kappa shape index (κ1) is 17.9. The van der Waals surface area contributed by atoms with Crippen molar-refractivity contribution in [2.24, 2.45) is 0 Å². The first-order valence-electron chi connectivity index (χ1n) is 8.20. The highest BCUT2D eigenvalue weighted by Gasteiger charge is 2.34. The van der Waals surface area contributed by atoms with Crippen LogP contribution in [0.1, 0.15) is 21.5 Å². The lowest BCUT2D eigenvalue weighted by atomic mass is 10.1. The molecule has 0 radical (unpaired) electrons. The van der Waals surface area contributed by atoms with Crippen molar-refractivity contribution in [2.45, 2.75) is 6.92 Å². The summed E-state index contributed by atoms with van der Waals surface area (Å²) in [6, 6.07) is 16.6. The molecule has 0 spiro atoms. The number of amides is 3. The molecule has 5 nitrogen and oxygen atoms in total. The van der Waals surface area contributed by atoms with E-state index in [2.05, 4.69) is 5.32 Å². The Morgan fingerprint density at radius 3 is 2.62 bits per heavy atom. The SMILES string of the molecule is Cc1cccc(C(=O)NCCN2C(=O)S/C(=C\c3ccccc3)C2=O)c1. The molecule has 1 aliphatic heterocycles. The van der Waals surface area contributed by atoms with Crippen molar-refractivity contribution in [3.05, 3.63) is 76.2 Å². The Morgan fingerprint density at radius 1 is 1.12 bits per heavy atom. The third-order valence-electron chi connectivity index (χ3n) is 3.87. The van der Waals surface area contributed by atoms with Crippen molar-refractivity contribution < 1.29 is 14.4 Å². The number of hydrogen-bond acceptors (Lipinski definition) is 4. The van der Waals surface area contributed by atoms with Gasteiger partial charge in [0, 0.05) is 18.7 Å². The second-order valence-electron chi connectivity index (χ2n) is 5.87. The zero-order valence-electron chi connectivity index (χ0n) is 14.3. The summed E-state index contributed by atoms with van der Waals surface area (Å²) in [4.78, 5) is 38.2. The molecule has 132 valence electrons. The molecule has 0 aromatic heterocycles. The van der Waals surface area contributed by atoms with Gasteiger partial charge in [0.15, 0.2) is 0 Å². The van der Waals surface area contributed by atoms with Gasteiger partial charge >= 0.3 is 0 Å². The Morgan fingerprint density at radius 2 is 1.88 bits per heavy atom. The smallest absolute Gasteiger partial charge is 0.293 e. The summed E-state index contributed by atoms with van der Waals surface area (Å²) < 4.78 is 0. The monoisotopic (exact) mass is 366 g/mol. The van der Waals surface area contributed by atoms with Gasteiger partial charge in [-0.3, -0.25) is 19.3 Å². The Balaban J connectivity index is 1.58. The number of thioether (sulfide) groups is 1. The molecule has 3 amide bonds. The van der Waals surface area contributed by atoms with Crippen molar-refractivity contribution in [2.75, 3.05) is 13.1 Å². The third kappa shape index (κ3) is 4.21. The molecular weight excluding hydrogens is 348 g/mol. The van der Waals surface area contributed by atoms with Gasteiger partial charge in [0.05, 0.1) is 4.91 Å². The summed E-state index contributed by atoms with van der Waals surface area (Å²) in [5.74, 6) is -0.547. The van der Waals surface area contributed by atoms with Crippen LogP contribution in [0.25, 0.3) is 6.08 Å². The van der Waals surface area contributed by atoms with E-state index in [1.807, 2.05) is 49.4 Å². The molecule has 26 heavy (non-hydrogen) atoms. The number of aryl methyl sites for hydroxylation is 1. The van der Waals surface area contributed by atoms with E-state index in [-0.39, 0.29) is 30.1 Å². The van der Waals surface area contributed by atoms with Crippen molar-refractivity contribution in [3.63, 3.8) is 0 Å². The molecule has 1 fully saturated rings. The minimum Gasteiger partial charge on any atom is -0.350 e. The third-order valence-corrected chi connectivity index (χ3v) is 4.78. The molecule has 3 rings (SSSR count). The van der Waals surface area contributed by atoms with Gasteiger partial charge in [0.25, 0.3) is 17.1 Å². The van der Waals surface area contributed by atoms with E-state index in [0.717, 1.165) is 27.8 Å². The highest BCUT2D eigenvalue weighted by Crippen LogP contribution is 2.31. The maximum atomic E-state index is 12.4. The van der Waals surface area contributed by atoms with Crippen LogP contribution in [-0.4, -0.2) is 35.0 Å². The Kier molecular flexibility index (Phi) is 5.53. The molecule has 0 atom stereocenters. The average Bonchev–Trinajstić information content (AvgIpc) is 2.90. The van der Waals surface area contributed by atoms with Gasteiger partial charge in [-0.05, 0) is 42.5 Å². The summed E-state index contributed by atoms with van der Waals surface area (Å²) in [7, 11) is 0. The summed E-state index contributed by atoms with van der Waals surface area (Å²) in [6.07, 6.45) is 1.70. The highest BCUT2D eigenvalue weighted by atomic mass is 32.2. The van der Waals surface area contributed by atoms with Crippen molar-refractivity contribution in [1.29, 1.82) is 0 Å². The van der Waals surface area contributed by atoms with Crippen LogP contribution in [0.3, 0.4) is 0 Å². The molecule has 1 aliphatic rings. The standard InChI is InChI=1S/C20H18N2O3S/c1-14-6-5-9-16(12-14)18(23)21-10-11-22-19(24)17(26-20(22)25)13-15-7-3-2-4-8-15/h2-9,12-13H,10-11H2,1H3,(H,21,23)/b17-13-. The molecule has 1 heterocycles. The number of nitrogens with one attached hydrogen (secondary N) is 1. The maximum Gasteiger partial charge on any atom is 0.293 e. The zero-order valence-corrected chi connectivity index (χ0v) is 15.1. The molecule has 1 N–H and O–H groups in total. The molecule has 0 bridgehead atoms. The van der Waals surface area contributed by atoms with Crippen LogP contribution in [-0.2, 0) is 4.79 Å². The first-order valence-corrected chi connectivity index (χ1v) is 9.01. The number of imide groups is 1. The van der Waals surface area contributed by atoms with Crippen LogP contribution in [0.5, 0.6) is 0 Å². The van der Waals surface area contributed by atoms with E-state index in [9.17, 15) is 14.4 Å². The predicted octanol–water partition coefficient (Wildman–Crippen LogP) is 3.46. The van der Waals surface area contributed by atoms with Crippen LogP contribution < -0.4 is 5.32 Å². The van der Waals surface area contributed by atoms with E-state index in [1.54, 1.807) is 18.2 Å². The molecule has 1 saturated heterocycles. The van der Waals surface area contributed by atoms with Gasteiger partial charge in [0.1, 0.15) is 0 Å². The minimum atomic E-state index is -0.325. The molecule has 2 aromatic rings. The summed E-state index contributed by atoms with van der Waals surface area (Å²) in [5, 5.41) is 2.43. The lowest BCUT2D eigenvalue weighted by Gasteiger charge is -2.13. The maximum absolute atomic E-state index is 12.4. The quantitative estimate of drug-likeness (QED) is 0.823. The number of hydrogen-bond donors (Lipinski definition) is 1. The van der Waals surface area contributed by atoms with Gasteiger partial charge in [-0.1, -0.05) is 48.0 Å². The van der Waals surface area contributed by atoms with Crippen molar-refractivity contribution >= 4 is 34.9 Å². The second kappa shape index (κ2) is 8.01. The van der Waals surface area contributed by atoms with E-state index < -0.39 is 0 Å². The topological polar surface area (TPSA) is 66.5 Å². The van der Waals surface area contributed by atoms with E-state index >= 15 is 0 Å². The van der Waals surface area contributed by atoms with E-state index in [1.165, 1.54) is 0 Å². The fraction of sp³-hybridized carbons (Fsp3) is 0.150. The van der Waals surface area contributed by atoms with Crippen LogP contribution in [0, 0.1) is 6.92 Å². The fourth-order valence-electron chi connectivity index (χ4n) is 2.56. The zero-order chi connectivity index (χ0) is 18.5. The van der Waals surface area contributed by atoms with Crippen molar-refractivity contribution in [1.82, 2.24) is 10.2 Å². The number of nitrogens with zero attached hydrogens (tertiary/aromatic N) is 1. The van der Waals surface area contributed by atoms with Gasteiger partial charge in [-0.2, -0.15) is 0 Å². The average molecular weight is 366 g/mol. The first-order chi connectivity index (χ1) is 12.5. The number of rotatable bonds is 5.